The summed E-state index contributed by atoms with van der Waals surface area (Å²) in [4.78, 5) is 28.0. The summed E-state index contributed by atoms with van der Waals surface area (Å²) in [6.45, 7) is 5.43. The first-order valence-corrected chi connectivity index (χ1v) is 11.4. The Morgan fingerprint density at radius 3 is 2.20 bits per heavy atom. The molecule has 7 heteroatoms. The lowest BCUT2D eigenvalue weighted by Gasteiger charge is -2.41. The number of amides is 1. The van der Waals surface area contributed by atoms with Gasteiger partial charge in [-0.25, -0.2) is 9.59 Å². The number of cyclic esters (lactones) is 1. The van der Waals surface area contributed by atoms with Crippen LogP contribution in [0.3, 0.4) is 0 Å². The first-order valence-electron chi connectivity index (χ1n) is 11.4. The van der Waals surface area contributed by atoms with Gasteiger partial charge in [0.05, 0.1) is 13.2 Å². The van der Waals surface area contributed by atoms with Gasteiger partial charge in [0.15, 0.2) is 6.04 Å². The van der Waals surface area contributed by atoms with Gasteiger partial charge in [0.25, 0.3) is 0 Å². The number of morpholine rings is 1. The summed E-state index contributed by atoms with van der Waals surface area (Å²) in [5.41, 5.74) is 0.679. The molecule has 0 spiro atoms. The van der Waals surface area contributed by atoms with E-state index in [0.29, 0.717) is 17.1 Å². The molecule has 1 fully saturated rings. The van der Waals surface area contributed by atoms with Crippen LogP contribution in [-0.4, -0.2) is 36.3 Å². The third kappa shape index (κ3) is 5.74. The van der Waals surface area contributed by atoms with Gasteiger partial charge in [0.2, 0.25) is 0 Å². The number of carbonyl (C=O) groups excluding carboxylic acids is 2. The van der Waals surface area contributed by atoms with Crippen molar-refractivity contribution < 1.29 is 28.5 Å². The Labute approximate surface area is 205 Å². The molecule has 0 aromatic heterocycles. The predicted octanol–water partition coefficient (Wildman–Crippen LogP) is 6.06. The molecule has 2 atom stereocenters. The van der Waals surface area contributed by atoms with Crippen LogP contribution < -0.4 is 9.47 Å². The van der Waals surface area contributed by atoms with Crippen LogP contribution in [0, 0.1) is 0 Å². The molecule has 0 saturated carbocycles. The van der Waals surface area contributed by atoms with E-state index >= 15 is 0 Å². The zero-order valence-corrected chi connectivity index (χ0v) is 20.3. The molecule has 0 aliphatic carbocycles. The number of methoxy groups -OCH3 is 1. The van der Waals surface area contributed by atoms with E-state index in [-0.39, 0.29) is 6.61 Å². The zero-order valence-electron chi connectivity index (χ0n) is 20.3. The molecule has 3 aromatic rings. The lowest BCUT2D eigenvalue weighted by Crippen LogP contribution is -2.49. The van der Waals surface area contributed by atoms with Crippen LogP contribution in [0.15, 0.2) is 78.9 Å². The van der Waals surface area contributed by atoms with Gasteiger partial charge >= 0.3 is 12.1 Å². The van der Waals surface area contributed by atoms with Crippen LogP contribution >= 0.6 is 0 Å². The van der Waals surface area contributed by atoms with Crippen LogP contribution in [0.2, 0.25) is 0 Å². The molecule has 1 saturated heterocycles. The van der Waals surface area contributed by atoms with Crippen molar-refractivity contribution >= 4 is 12.1 Å². The van der Waals surface area contributed by atoms with Crippen LogP contribution in [0.25, 0.3) is 0 Å². The minimum absolute atomic E-state index is 0.0423. The molecule has 182 valence electrons. The number of ether oxygens (including phenoxy) is 4. The van der Waals surface area contributed by atoms with Crippen molar-refractivity contribution in [1.82, 2.24) is 4.90 Å². The van der Waals surface area contributed by atoms with Gasteiger partial charge in [-0.1, -0.05) is 42.5 Å². The molecule has 1 amide bonds. The molecule has 1 aliphatic heterocycles. The van der Waals surface area contributed by atoms with Crippen LogP contribution in [0.1, 0.15) is 44.0 Å². The van der Waals surface area contributed by atoms with Crippen molar-refractivity contribution in [1.29, 1.82) is 0 Å². The summed E-state index contributed by atoms with van der Waals surface area (Å²) in [6.07, 6.45) is -0.588. The van der Waals surface area contributed by atoms with E-state index in [4.69, 9.17) is 18.9 Å². The van der Waals surface area contributed by atoms with E-state index in [9.17, 15) is 9.59 Å². The molecule has 0 radical (unpaired) electrons. The summed E-state index contributed by atoms with van der Waals surface area (Å²) in [7, 11) is 1.60. The molecule has 0 unspecified atom stereocenters. The van der Waals surface area contributed by atoms with Gasteiger partial charge < -0.3 is 18.9 Å². The molecule has 35 heavy (non-hydrogen) atoms. The lowest BCUT2D eigenvalue weighted by atomic mass is 9.98. The SMILES string of the molecule is COc1ccc(Oc2cccc([C@H]3C(=O)OC[C@H](c4ccccc4)N3C(=O)OC(C)(C)C)c2)cc1. The molecular formula is C28H29NO6. The summed E-state index contributed by atoms with van der Waals surface area (Å²) in [5, 5.41) is 0. The number of carbonyl (C=O) groups is 2. The zero-order chi connectivity index (χ0) is 25.0. The fourth-order valence-corrected chi connectivity index (χ4v) is 3.92. The van der Waals surface area contributed by atoms with Crippen LogP contribution in [0.4, 0.5) is 4.79 Å². The molecule has 0 N–H and O–H groups in total. The minimum atomic E-state index is -0.997. The molecule has 1 aliphatic rings. The number of nitrogens with zero attached hydrogens (tertiary/aromatic N) is 1. The first-order chi connectivity index (χ1) is 16.7. The fourth-order valence-electron chi connectivity index (χ4n) is 3.92. The van der Waals surface area contributed by atoms with E-state index in [1.165, 1.54) is 4.90 Å². The molecule has 7 nitrogen and oxygen atoms in total. The molecular weight excluding hydrogens is 446 g/mol. The maximum Gasteiger partial charge on any atom is 0.411 e. The topological polar surface area (TPSA) is 74.3 Å². The largest absolute Gasteiger partial charge is 0.497 e. The van der Waals surface area contributed by atoms with E-state index < -0.39 is 29.7 Å². The number of hydrogen-bond donors (Lipinski definition) is 0. The van der Waals surface area contributed by atoms with Crippen LogP contribution in [0.5, 0.6) is 17.2 Å². The fraction of sp³-hybridized carbons (Fsp3) is 0.286. The van der Waals surface area contributed by atoms with Crippen LogP contribution in [-0.2, 0) is 14.3 Å². The minimum Gasteiger partial charge on any atom is -0.497 e. The van der Waals surface area contributed by atoms with E-state index in [0.717, 1.165) is 11.3 Å². The standard InChI is InChI=1S/C28H29NO6/c1-28(2,3)35-27(31)29-24(19-9-6-5-7-10-19)18-33-26(30)25(29)20-11-8-12-23(17-20)34-22-15-13-21(32-4)14-16-22/h5-17,24-25H,18H2,1-4H3/t24-,25+/m1/s1. The van der Waals surface area contributed by atoms with Crippen molar-refractivity contribution in [3.8, 4) is 17.2 Å². The lowest BCUT2D eigenvalue weighted by molar-refractivity contribution is -0.162. The third-order valence-electron chi connectivity index (χ3n) is 5.48. The molecule has 1 heterocycles. The Morgan fingerprint density at radius 2 is 1.54 bits per heavy atom. The maximum absolute atomic E-state index is 13.4. The quantitative estimate of drug-likeness (QED) is 0.418. The Kier molecular flexibility index (Phi) is 6.96. The Bertz CT molecular complexity index is 1170. The highest BCUT2D eigenvalue weighted by atomic mass is 16.6. The summed E-state index contributed by atoms with van der Waals surface area (Å²) >= 11 is 0. The highest BCUT2D eigenvalue weighted by Crippen LogP contribution is 2.38. The average molecular weight is 476 g/mol. The summed E-state index contributed by atoms with van der Waals surface area (Å²) < 4.78 is 22.5. The van der Waals surface area contributed by atoms with Crippen molar-refractivity contribution in [3.63, 3.8) is 0 Å². The second kappa shape index (κ2) is 10.1. The van der Waals surface area contributed by atoms with Gasteiger partial charge in [0, 0.05) is 0 Å². The summed E-state index contributed by atoms with van der Waals surface area (Å²) in [5.74, 6) is 1.33. The third-order valence-corrected chi connectivity index (χ3v) is 5.48. The summed E-state index contributed by atoms with van der Waals surface area (Å²) in [6, 6.07) is 22.2. The maximum atomic E-state index is 13.4. The Morgan fingerprint density at radius 1 is 0.886 bits per heavy atom. The molecule has 0 bridgehead atoms. The Hall–Kier alpha value is -4.00. The van der Waals surface area contributed by atoms with Crippen molar-refractivity contribution in [2.75, 3.05) is 13.7 Å². The van der Waals surface area contributed by atoms with Gasteiger partial charge in [-0.2, -0.15) is 0 Å². The normalized spacial score (nSPS) is 17.9. The molecule has 4 rings (SSSR count). The second-order valence-corrected chi connectivity index (χ2v) is 9.20. The molecule has 3 aromatic carbocycles. The van der Waals surface area contributed by atoms with Gasteiger partial charge in [-0.3, -0.25) is 4.90 Å². The predicted molar refractivity (Wildman–Crippen MR) is 130 cm³/mol. The highest BCUT2D eigenvalue weighted by molar-refractivity contribution is 5.84. The highest BCUT2D eigenvalue weighted by Gasteiger charge is 2.44. The van der Waals surface area contributed by atoms with Crippen molar-refractivity contribution in [2.24, 2.45) is 0 Å². The monoisotopic (exact) mass is 475 g/mol. The average Bonchev–Trinajstić information content (AvgIpc) is 2.84. The first kappa shape index (κ1) is 24.1. The number of benzene rings is 3. The smallest absolute Gasteiger partial charge is 0.411 e. The van der Waals surface area contributed by atoms with E-state index in [2.05, 4.69) is 0 Å². The Balaban J connectivity index is 1.69. The number of hydrogen-bond acceptors (Lipinski definition) is 6. The van der Waals surface area contributed by atoms with Gasteiger partial charge in [-0.05, 0) is 68.3 Å². The van der Waals surface area contributed by atoms with E-state index in [1.54, 1.807) is 76.4 Å². The van der Waals surface area contributed by atoms with Gasteiger partial charge in [-0.15, -0.1) is 0 Å². The van der Waals surface area contributed by atoms with Gasteiger partial charge in [0.1, 0.15) is 29.5 Å². The number of esters is 1. The second-order valence-electron chi connectivity index (χ2n) is 9.20. The van der Waals surface area contributed by atoms with Crippen molar-refractivity contribution in [3.05, 3.63) is 90.0 Å². The van der Waals surface area contributed by atoms with E-state index in [1.807, 2.05) is 30.3 Å². The number of rotatable bonds is 5. The van der Waals surface area contributed by atoms with Crippen molar-refractivity contribution in [2.45, 2.75) is 38.5 Å².